The van der Waals surface area contributed by atoms with E-state index in [9.17, 15) is 4.79 Å². The Balaban J connectivity index is 1.13. The van der Waals surface area contributed by atoms with Crippen LogP contribution in [-0.4, -0.2) is 89.4 Å². The number of aryl methyl sites for hydroxylation is 3. The van der Waals surface area contributed by atoms with E-state index in [0.29, 0.717) is 30.8 Å². The maximum atomic E-state index is 12.7. The number of pyridine rings is 1. The van der Waals surface area contributed by atoms with Crippen LogP contribution in [0.25, 0.3) is 5.69 Å². The molecule has 2 unspecified atom stereocenters. The molecule has 9 heteroatoms. The number of benzene rings is 1. The third kappa shape index (κ3) is 7.68. The van der Waals surface area contributed by atoms with E-state index < -0.39 is 0 Å². The minimum absolute atomic E-state index is 0.301. The Morgan fingerprint density at radius 2 is 1.87 bits per heavy atom. The number of carbonyl (C=O) groups is 1. The molecule has 1 aromatic carbocycles. The lowest BCUT2D eigenvalue weighted by Crippen LogP contribution is -2.48. The van der Waals surface area contributed by atoms with E-state index in [1.165, 1.54) is 16.8 Å². The van der Waals surface area contributed by atoms with Crippen LogP contribution >= 0.6 is 0 Å². The summed E-state index contributed by atoms with van der Waals surface area (Å²) in [6.07, 6.45) is 7.17. The van der Waals surface area contributed by atoms with Gasteiger partial charge in [0.2, 0.25) is 11.8 Å². The van der Waals surface area contributed by atoms with Gasteiger partial charge in [-0.05, 0) is 99.9 Å². The molecule has 2 aromatic heterocycles. The molecule has 3 aliphatic heterocycles. The van der Waals surface area contributed by atoms with E-state index in [-0.39, 0.29) is 0 Å². The summed E-state index contributed by atoms with van der Waals surface area (Å²) in [6.45, 7) is 16.8. The van der Waals surface area contributed by atoms with Gasteiger partial charge >= 0.3 is 0 Å². The summed E-state index contributed by atoms with van der Waals surface area (Å²) in [5.74, 6) is 2.96. The molecular weight excluding hydrogens is 574 g/mol. The zero-order chi connectivity index (χ0) is 32.0. The number of nitrogens with one attached hydrogen (secondary N) is 1. The van der Waals surface area contributed by atoms with Crippen molar-refractivity contribution in [2.75, 3.05) is 69.2 Å². The van der Waals surface area contributed by atoms with Crippen molar-refractivity contribution in [3.05, 3.63) is 58.9 Å². The predicted octanol–water partition coefficient (Wildman–Crippen LogP) is 5.98. The van der Waals surface area contributed by atoms with Gasteiger partial charge in [0.25, 0.3) is 0 Å². The van der Waals surface area contributed by atoms with Crippen LogP contribution in [0.3, 0.4) is 0 Å². The summed E-state index contributed by atoms with van der Waals surface area (Å²) in [6, 6.07) is 13.4. The second-order valence-electron chi connectivity index (χ2n) is 13.6. The van der Waals surface area contributed by atoms with Crippen LogP contribution in [0, 0.1) is 19.8 Å². The number of unbranched alkanes of at least 4 members (excludes halogenated alkanes) is 1. The van der Waals surface area contributed by atoms with E-state index in [2.05, 4.69) is 82.7 Å². The van der Waals surface area contributed by atoms with Crippen molar-refractivity contribution in [2.45, 2.75) is 78.6 Å². The van der Waals surface area contributed by atoms with Crippen molar-refractivity contribution in [3.8, 4) is 11.6 Å². The fourth-order valence-electron chi connectivity index (χ4n) is 7.34. The number of piperazine rings is 1. The number of amides is 1. The van der Waals surface area contributed by atoms with Crippen molar-refractivity contribution in [2.24, 2.45) is 5.92 Å². The second kappa shape index (κ2) is 14.9. The fourth-order valence-corrected chi connectivity index (χ4v) is 7.34. The molecule has 0 bridgehead atoms. The molecule has 46 heavy (non-hydrogen) atoms. The monoisotopic (exact) mass is 627 g/mol. The summed E-state index contributed by atoms with van der Waals surface area (Å²) < 4.78 is 8.30. The largest absolute Gasteiger partial charge is 0.477 e. The quantitative estimate of drug-likeness (QED) is 0.265. The smallest absolute Gasteiger partial charge is 0.222 e. The standard InChI is InChI=1S/C37H53N7O2/c1-5-7-10-36(45)43-18-16-42(17-19-43)33-21-32(22-34(23-33)44-28(4)20-27(3)40-44)30(6-2)25-41-15-13-29(24-41)26-46-35-12-11-31-9-8-14-38-37(31)39-35/h11-12,20-23,29-30H,5-10,13-19,24-26H2,1-4H3,(H,38,39). The average Bonchev–Trinajstić information content (AvgIpc) is 3.69. The molecule has 2 atom stereocenters. The molecule has 2 saturated heterocycles. The number of fused-ring (bicyclic) bond motifs is 1. The molecule has 0 aliphatic carbocycles. The SMILES string of the molecule is CCCCC(=O)N1CCN(c2cc(C(CC)CN3CCC(COc4ccc5c(n4)NCCC5)C3)cc(-n3nc(C)cc3C)c2)CC1. The third-order valence-electron chi connectivity index (χ3n) is 10.1. The number of nitrogens with zero attached hydrogens (tertiary/aromatic N) is 6. The maximum absolute atomic E-state index is 12.7. The van der Waals surface area contributed by atoms with Crippen LogP contribution in [0.5, 0.6) is 5.88 Å². The van der Waals surface area contributed by atoms with E-state index in [1.807, 2.05) is 6.07 Å². The van der Waals surface area contributed by atoms with Gasteiger partial charge in [-0.25, -0.2) is 4.68 Å². The summed E-state index contributed by atoms with van der Waals surface area (Å²) in [7, 11) is 0. The number of aromatic nitrogens is 3. The van der Waals surface area contributed by atoms with Gasteiger partial charge in [-0.2, -0.15) is 10.1 Å². The first kappa shape index (κ1) is 32.4. The van der Waals surface area contributed by atoms with E-state index in [1.54, 1.807) is 0 Å². The van der Waals surface area contributed by atoms with Crippen LogP contribution in [0.1, 0.15) is 80.8 Å². The van der Waals surface area contributed by atoms with Crippen molar-refractivity contribution in [3.63, 3.8) is 0 Å². The summed E-state index contributed by atoms with van der Waals surface area (Å²) >= 11 is 0. The first-order valence-corrected chi connectivity index (χ1v) is 17.7. The topological polar surface area (TPSA) is 78.8 Å². The van der Waals surface area contributed by atoms with Gasteiger partial charge in [0.15, 0.2) is 0 Å². The number of rotatable bonds is 12. The molecular formula is C37H53N7O2. The zero-order valence-corrected chi connectivity index (χ0v) is 28.4. The molecule has 3 aliphatic rings. The van der Waals surface area contributed by atoms with Gasteiger partial charge in [0.05, 0.1) is 18.0 Å². The first-order chi connectivity index (χ1) is 22.4. The molecule has 0 saturated carbocycles. The van der Waals surface area contributed by atoms with Gasteiger partial charge in [-0.3, -0.25) is 4.79 Å². The van der Waals surface area contributed by atoms with Crippen LogP contribution < -0.4 is 15.0 Å². The summed E-state index contributed by atoms with van der Waals surface area (Å²) in [4.78, 5) is 24.6. The van der Waals surface area contributed by atoms with Crippen LogP contribution in [-0.2, 0) is 11.2 Å². The number of hydrogen-bond acceptors (Lipinski definition) is 7. The lowest BCUT2D eigenvalue weighted by atomic mass is 9.94. The van der Waals surface area contributed by atoms with E-state index >= 15 is 0 Å². The predicted molar refractivity (Wildman–Crippen MR) is 185 cm³/mol. The number of hydrogen-bond donors (Lipinski definition) is 1. The molecule has 1 N–H and O–H groups in total. The molecule has 1 amide bonds. The van der Waals surface area contributed by atoms with Crippen LogP contribution in [0.2, 0.25) is 0 Å². The van der Waals surface area contributed by atoms with E-state index in [0.717, 1.165) is 120 Å². The van der Waals surface area contributed by atoms with Gasteiger partial charge in [0, 0.05) is 75.6 Å². The summed E-state index contributed by atoms with van der Waals surface area (Å²) in [5.41, 5.74) is 7.20. The minimum atomic E-state index is 0.301. The second-order valence-corrected chi connectivity index (χ2v) is 13.6. The van der Waals surface area contributed by atoms with Crippen molar-refractivity contribution < 1.29 is 9.53 Å². The Morgan fingerprint density at radius 1 is 1.04 bits per heavy atom. The number of likely N-dealkylation sites (tertiary alicyclic amines) is 1. The van der Waals surface area contributed by atoms with Crippen molar-refractivity contribution in [1.29, 1.82) is 0 Å². The molecule has 0 radical (unpaired) electrons. The van der Waals surface area contributed by atoms with Crippen molar-refractivity contribution in [1.82, 2.24) is 24.6 Å². The fraction of sp³-hybridized carbons (Fsp3) is 0.595. The molecule has 3 aromatic rings. The Kier molecular flexibility index (Phi) is 10.5. The van der Waals surface area contributed by atoms with Gasteiger partial charge < -0.3 is 24.8 Å². The lowest BCUT2D eigenvalue weighted by Gasteiger charge is -2.37. The average molecular weight is 628 g/mol. The molecule has 0 spiro atoms. The number of carbonyl (C=O) groups excluding carboxylic acids is 1. The van der Waals surface area contributed by atoms with Crippen molar-refractivity contribution >= 4 is 17.4 Å². The summed E-state index contributed by atoms with van der Waals surface area (Å²) in [5, 5.41) is 8.27. The molecule has 5 heterocycles. The van der Waals surface area contributed by atoms with Gasteiger partial charge in [-0.1, -0.05) is 20.3 Å². The molecule has 2 fully saturated rings. The highest BCUT2D eigenvalue weighted by atomic mass is 16.5. The highest BCUT2D eigenvalue weighted by Gasteiger charge is 2.27. The number of ether oxygens (including phenoxy) is 1. The maximum Gasteiger partial charge on any atom is 0.222 e. The highest BCUT2D eigenvalue weighted by Crippen LogP contribution is 2.32. The minimum Gasteiger partial charge on any atom is -0.477 e. The van der Waals surface area contributed by atoms with E-state index in [4.69, 9.17) is 14.8 Å². The lowest BCUT2D eigenvalue weighted by molar-refractivity contribution is -0.131. The van der Waals surface area contributed by atoms with Gasteiger partial charge in [0.1, 0.15) is 5.82 Å². The molecule has 6 rings (SSSR count). The normalized spacial score (nSPS) is 19.2. The van der Waals surface area contributed by atoms with Crippen LogP contribution in [0.15, 0.2) is 36.4 Å². The Morgan fingerprint density at radius 3 is 2.63 bits per heavy atom. The highest BCUT2D eigenvalue weighted by molar-refractivity contribution is 5.76. The van der Waals surface area contributed by atoms with Gasteiger partial charge in [-0.15, -0.1) is 0 Å². The first-order valence-electron chi connectivity index (χ1n) is 17.7. The molecule has 248 valence electrons. The Hall–Kier alpha value is -3.59. The zero-order valence-electron chi connectivity index (χ0n) is 28.4. The van der Waals surface area contributed by atoms with Crippen LogP contribution in [0.4, 0.5) is 11.5 Å². The Labute approximate surface area is 275 Å². The third-order valence-corrected chi connectivity index (χ3v) is 10.1. The Bertz CT molecular complexity index is 1480. The number of anilines is 2. The molecule has 9 nitrogen and oxygen atoms in total.